The van der Waals surface area contributed by atoms with Gasteiger partial charge in [0.25, 0.3) is 0 Å². The summed E-state index contributed by atoms with van der Waals surface area (Å²) < 4.78 is 15.3. The molecule has 4 rings (SSSR count). The van der Waals surface area contributed by atoms with E-state index in [0.29, 0.717) is 48.8 Å². The van der Waals surface area contributed by atoms with E-state index in [1.807, 2.05) is 0 Å². The average molecular weight is 340 g/mol. The first kappa shape index (κ1) is 15.5. The van der Waals surface area contributed by atoms with E-state index in [0.717, 1.165) is 0 Å². The van der Waals surface area contributed by atoms with Crippen molar-refractivity contribution in [1.82, 2.24) is 19.6 Å². The molecule has 1 aliphatic rings. The number of carbonyl (C=O) groups excluding carboxylic acids is 1. The minimum absolute atomic E-state index is 0.0864. The Kier molecular flexibility index (Phi) is 3.79. The molecule has 1 amide bonds. The van der Waals surface area contributed by atoms with Crippen molar-refractivity contribution in [3.8, 4) is 11.4 Å². The molecular formula is C17H17FN6O. The van der Waals surface area contributed by atoms with E-state index in [2.05, 4.69) is 20.1 Å². The molecule has 0 aliphatic carbocycles. The van der Waals surface area contributed by atoms with E-state index in [-0.39, 0.29) is 17.6 Å². The molecule has 0 bridgehead atoms. The Morgan fingerprint density at radius 1 is 1.24 bits per heavy atom. The van der Waals surface area contributed by atoms with Gasteiger partial charge >= 0.3 is 0 Å². The third-order valence-electron chi connectivity index (χ3n) is 4.59. The van der Waals surface area contributed by atoms with Crippen LogP contribution in [0.1, 0.15) is 12.8 Å². The molecular weight excluding hydrogens is 323 g/mol. The van der Waals surface area contributed by atoms with Crippen LogP contribution in [0.5, 0.6) is 0 Å². The molecule has 0 unspecified atom stereocenters. The molecule has 1 aromatic carbocycles. The lowest BCUT2D eigenvalue weighted by Crippen LogP contribution is -2.39. The number of nitrogens with zero attached hydrogens (tertiary/aromatic N) is 5. The zero-order valence-corrected chi connectivity index (χ0v) is 13.5. The van der Waals surface area contributed by atoms with Crippen LogP contribution in [0.2, 0.25) is 0 Å². The molecule has 3 heterocycles. The third-order valence-corrected chi connectivity index (χ3v) is 4.59. The highest BCUT2D eigenvalue weighted by Gasteiger charge is 2.26. The first-order chi connectivity index (χ1) is 12.1. The molecule has 1 fully saturated rings. The molecule has 0 radical (unpaired) electrons. The molecule has 3 aromatic rings. The normalized spacial score (nSPS) is 15.6. The summed E-state index contributed by atoms with van der Waals surface area (Å²) >= 11 is 0. The van der Waals surface area contributed by atoms with E-state index >= 15 is 0 Å². The fourth-order valence-corrected chi connectivity index (χ4v) is 3.24. The van der Waals surface area contributed by atoms with Crippen LogP contribution in [0.4, 0.5) is 10.2 Å². The number of benzene rings is 1. The first-order valence-electron chi connectivity index (χ1n) is 8.13. The molecule has 25 heavy (non-hydrogen) atoms. The van der Waals surface area contributed by atoms with E-state index in [1.54, 1.807) is 28.9 Å². The number of hydrogen-bond acceptors (Lipinski definition) is 5. The quantitative estimate of drug-likeness (QED) is 0.783. The average Bonchev–Trinajstić information content (AvgIpc) is 3.06. The fraction of sp³-hybridized carbons (Fsp3) is 0.294. The number of primary amides is 1. The number of hydrogen-bond donors (Lipinski definition) is 1. The van der Waals surface area contributed by atoms with Crippen LogP contribution < -0.4 is 10.6 Å². The Bertz CT molecular complexity index is 932. The van der Waals surface area contributed by atoms with E-state index in [9.17, 15) is 9.18 Å². The third kappa shape index (κ3) is 2.79. The van der Waals surface area contributed by atoms with Crippen molar-refractivity contribution < 1.29 is 9.18 Å². The second kappa shape index (κ2) is 6.12. The van der Waals surface area contributed by atoms with Crippen LogP contribution in [0.15, 0.2) is 36.7 Å². The van der Waals surface area contributed by atoms with Crippen LogP contribution in [0, 0.1) is 11.7 Å². The summed E-state index contributed by atoms with van der Waals surface area (Å²) in [7, 11) is 0. The summed E-state index contributed by atoms with van der Waals surface area (Å²) in [5.41, 5.74) is 6.65. The van der Waals surface area contributed by atoms with Gasteiger partial charge in [-0.3, -0.25) is 9.20 Å². The molecule has 0 saturated carbocycles. The Morgan fingerprint density at radius 3 is 2.76 bits per heavy atom. The molecule has 1 aliphatic heterocycles. The Labute approximate surface area is 143 Å². The Hall–Kier alpha value is -3.03. The van der Waals surface area contributed by atoms with Crippen LogP contribution in [0.3, 0.4) is 0 Å². The summed E-state index contributed by atoms with van der Waals surface area (Å²) in [5, 5.41) is 8.46. The maximum absolute atomic E-state index is 13.5. The van der Waals surface area contributed by atoms with Gasteiger partial charge in [0.1, 0.15) is 5.82 Å². The lowest BCUT2D eigenvalue weighted by Gasteiger charge is -2.31. The number of rotatable bonds is 3. The van der Waals surface area contributed by atoms with E-state index < -0.39 is 0 Å². The maximum Gasteiger partial charge on any atom is 0.220 e. The minimum Gasteiger partial charge on any atom is -0.369 e. The number of halogens is 1. The van der Waals surface area contributed by atoms with Gasteiger partial charge in [0.2, 0.25) is 11.6 Å². The zero-order chi connectivity index (χ0) is 17.4. The van der Waals surface area contributed by atoms with Crippen LogP contribution >= 0.6 is 0 Å². The number of nitrogens with two attached hydrogens (primary N) is 1. The fourth-order valence-electron chi connectivity index (χ4n) is 3.24. The Morgan fingerprint density at radius 2 is 2.04 bits per heavy atom. The van der Waals surface area contributed by atoms with Gasteiger partial charge in [-0.1, -0.05) is 12.1 Å². The first-order valence-corrected chi connectivity index (χ1v) is 8.13. The largest absolute Gasteiger partial charge is 0.369 e. The van der Waals surface area contributed by atoms with Crippen LogP contribution in [0.25, 0.3) is 17.0 Å². The van der Waals surface area contributed by atoms with Crippen LogP contribution in [-0.2, 0) is 4.79 Å². The number of carbonyl (C=O) groups is 1. The molecule has 0 atom stereocenters. The van der Waals surface area contributed by atoms with Crippen molar-refractivity contribution >= 4 is 17.4 Å². The lowest BCUT2D eigenvalue weighted by atomic mass is 9.96. The molecule has 0 spiro atoms. The smallest absolute Gasteiger partial charge is 0.220 e. The van der Waals surface area contributed by atoms with Gasteiger partial charge in [0.15, 0.2) is 11.6 Å². The highest BCUT2D eigenvalue weighted by molar-refractivity contribution is 5.77. The van der Waals surface area contributed by atoms with Gasteiger partial charge in [0, 0.05) is 37.0 Å². The van der Waals surface area contributed by atoms with Crippen molar-refractivity contribution in [2.75, 3.05) is 18.0 Å². The summed E-state index contributed by atoms with van der Waals surface area (Å²) in [5.74, 6) is 0.612. The lowest BCUT2D eigenvalue weighted by molar-refractivity contribution is -0.122. The maximum atomic E-state index is 13.5. The van der Waals surface area contributed by atoms with Gasteiger partial charge in [-0.2, -0.15) is 0 Å². The van der Waals surface area contributed by atoms with Crippen molar-refractivity contribution in [1.29, 1.82) is 0 Å². The minimum atomic E-state index is -0.322. The highest BCUT2D eigenvalue weighted by atomic mass is 19.1. The van der Waals surface area contributed by atoms with Crippen molar-refractivity contribution in [2.45, 2.75) is 12.8 Å². The van der Waals surface area contributed by atoms with Gasteiger partial charge in [-0.15, -0.1) is 10.2 Å². The zero-order valence-electron chi connectivity index (χ0n) is 13.5. The molecule has 2 N–H and O–H groups in total. The van der Waals surface area contributed by atoms with Crippen molar-refractivity contribution in [3.05, 3.63) is 42.5 Å². The number of amides is 1. The van der Waals surface area contributed by atoms with E-state index in [4.69, 9.17) is 5.73 Å². The number of anilines is 1. The summed E-state index contributed by atoms with van der Waals surface area (Å²) in [6.45, 7) is 1.37. The number of fused-ring (bicyclic) bond motifs is 1. The topological polar surface area (TPSA) is 89.4 Å². The summed E-state index contributed by atoms with van der Waals surface area (Å²) in [4.78, 5) is 17.8. The molecule has 7 nitrogen and oxygen atoms in total. The van der Waals surface area contributed by atoms with Crippen molar-refractivity contribution in [3.63, 3.8) is 0 Å². The molecule has 128 valence electrons. The highest BCUT2D eigenvalue weighted by Crippen LogP contribution is 2.27. The van der Waals surface area contributed by atoms with Gasteiger partial charge in [-0.25, -0.2) is 9.37 Å². The summed E-state index contributed by atoms with van der Waals surface area (Å²) in [6, 6.07) is 6.25. The van der Waals surface area contributed by atoms with E-state index in [1.165, 1.54) is 12.1 Å². The Balaban J connectivity index is 1.69. The SMILES string of the molecule is NC(=O)C1CCN(c2nccn3c(-c4cccc(F)c4)nnc23)CC1. The molecule has 8 heteroatoms. The van der Waals surface area contributed by atoms with Gasteiger partial charge in [-0.05, 0) is 25.0 Å². The van der Waals surface area contributed by atoms with Crippen molar-refractivity contribution in [2.24, 2.45) is 11.7 Å². The monoisotopic (exact) mass is 340 g/mol. The predicted octanol–water partition coefficient (Wildman–Crippen LogP) is 1.63. The molecule has 1 saturated heterocycles. The second-order valence-corrected chi connectivity index (χ2v) is 6.14. The second-order valence-electron chi connectivity index (χ2n) is 6.14. The van der Waals surface area contributed by atoms with Crippen LogP contribution in [-0.4, -0.2) is 38.6 Å². The van der Waals surface area contributed by atoms with Gasteiger partial charge < -0.3 is 10.6 Å². The number of piperidine rings is 1. The number of aromatic nitrogens is 4. The standard InChI is InChI=1S/C17H17FN6O/c18-13-3-1-2-12(10-13)15-21-22-17-16(20-6-9-24(15)17)23-7-4-11(5-8-23)14(19)25/h1-3,6,9-11H,4-5,7-8H2,(H2,19,25). The summed E-state index contributed by atoms with van der Waals surface area (Å²) in [6.07, 6.45) is 4.83. The predicted molar refractivity (Wildman–Crippen MR) is 90.3 cm³/mol. The molecule has 2 aromatic heterocycles. The van der Waals surface area contributed by atoms with Gasteiger partial charge in [0.05, 0.1) is 0 Å².